The summed E-state index contributed by atoms with van der Waals surface area (Å²) in [7, 11) is 0. The highest BCUT2D eigenvalue weighted by Gasteiger charge is 2.04. The van der Waals surface area contributed by atoms with Gasteiger partial charge in [-0.1, -0.05) is 29.8 Å². The van der Waals surface area contributed by atoms with Crippen LogP contribution >= 0.6 is 0 Å². The van der Waals surface area contributed by atoms with Gasteiger partial charge in [0, 0.05) is 17.5 Å². The Kier molecular flexibility index (Phi) is 5.43. The second kappa shape index (κ2) is 6.83. The third-order valence-electron chi connectivity index (χ3n) is 2.92. The Morgan fingerprint density at radius 1 is 1.11 bits per heavy atom. The summed E-state index contributed by atoms with van der Waals surface area (Å²) in [5, 5.41) is 7.30. The minimum atomic E-state index is 0.880. The van der Waals surface area contributed by atoms with Gasteiger partial charge in [-0.2, -0.15) is 0 Å². The summed E-state index contributed by atoms with van der Waals surface area (Å²) in [4.78, 5) is 4.69. The standard InChI is InChI=1S/C17H22N2/c1-12(2)10-17(19-15(5)14(4)11-18)16-9-7-6-8-13(16)3/h6-11,18H,1-5H3/b15-14+,18-11?,19-17?. The van der Waals surface area contributed by atoms with Crippen LogP contribution in [0.2, 0.25) is 0 Å². The van der Waals surface area contributed by atoms with E-state index in [1.54, 1.807) is 0 Å². The molecule has 0 amide bonds. The summed E-state index contributed by atoms with van der Waals surface area (Å²) < 4.78 is 0. The first kappa shape index (κ1) is 15.1. The van der Waals surface area contributed by atoms with Gasteiger partial charge in [0.05, 0.1) is 5.71 Å². The first-order valence-electron chi connectivity index (χ1n) is 6.43. The normalized spacial score (nSPS) is 12.8. The Bertz CT molecular complexity index is 556. The number of aliphatic imine (C=N–C) groups is 1. The molecule has 0 saturated carbocycles. The third-order valence-corrected chi connectivity index (χ3v) is 2.92. The van der Waals surface area contributed by atoms with Crippen LogP contribution in [0.3, 0.4) is 0 Å². The van der Waals surface area contributed by atoms with Crippen molar-refractivity contribution >= 4 is 11.9 Å². The number of hydrogen-bond acceptors (Lipinski definition) is 2. The van der Waals surface area contributed by atoms with E-state index >= 15 is 0 Å². The van der Waals surface area contributed by atoms with E-state index < -0.39 is 0 Å². The first-order valence-corrected chi connectivity index (χ1v) is 6.43. The van der Waals surface area contributed by atoms with Crippen LogP contribution in [0.5, 0.6) is 0 Å². The Hall–Kier alpha value is -1.96. The predicted molar refractivity (Wildman–Crippen MR) is 84.3 cm³/mol. The number of benzene rings is 1. The maximum Gasteiger partial charge on any atom is 0.0707 e. The molecule has 0 saturated heterocycles. The van der Waals surface area contributed by atoms with Gasteiger partial charge in [0.25, 0.3) is 0 Å². The summed E-state index contributed by atoms with van der Waals surface area (Å²) in [5.74, 6) is 0. The van der Waals surface area contributed by atoms with Crippen molar-refractivity contribution in [3.63, 3.8) is 0 Å². The number of rotatable bonds is 4. The molecule has 1 N–H and O–H groups in total. The van der Waals surface area contributed by atoms with E-state index in [0.29, 0.717) is 0 Å². The van der Waals surface area contributed by atoms with Gasteiger partial charge in [0.1, 0.15) is 0 Å². The van der Waals surface area contributed by atoms with Gasteiger partial charge in [0.2, 0.25) is 0 Å². The molecule has 0 spiro atoms. The molecule has 0 aliphatic heterocycles. The Labute approximate surface area is 116 Å². The van der Waals surface area contributed by atoms with Crippen LogP contribution in [0, 0.1) is 12.3 Å². The van der Waals surface area contributed by atoms with Crippen LogP contribution in [0.25, 0.3) is 0 Å². The van der Waals surface area contributed by atoms with Crippen LogP contribution < -0.4 is 0 Å². The van der Waals surface area contributed by atoms with Gasteiger partial charge in [-0.15, -0.1) is 0 Å². The molecule has 0 unspecified atom stereocenters. The fourth-order valence-electron chi connectivity index (χ4n) is 1.68. The number of nitrogens with one attached hydrogen (secondary N) is 1. The molecule has 100 valence electrons. The summed E-state index contributed by atoms with van der Waals surface area (Å²) >= 11 is 0. The van der Waals surface area contributed by atoms with Gasteiger partial charge >= 0.3 is 0 Å². The van der Waals surface area contributed by atoms with Gasteiger partial charge in [-0.25, -0.2) is 0 Å². The molecule has 1 aromatic rings. The molecule has 1 rings (SSSR count). The maximum absolute atomic E-state index is 7.30. The maximum atomic E-state index is 7.30. The lowest BCUT2D eigenvalue weighted by molar-refractivity contribution is 1.24. The summed E-state index contributed by atoms with van der Waals surface area (Å²) in [5.41, 5.74) is 6.28. The van der Waals surface area contributed by atoms with E-state index in [0.717, 1.165) is 22.5 Å². The van der Waals surface area contributed by atoms with Crippen LogP contribution in [-0.2, 0) is 0 Å². The third kappa shape index (κ3) is 4.32. The second-order valence-electron chi connectivity index (χ2n) is 4.95. The van der Waals surface area contributed by atoms with Crippen molar-refractivity contribution in [1.82, 2.24) is 0 Å². The Balaban J connectivity index is 3.40. The van der Waals surface area contributed by atoms with Gasteiger partial charge in [-0.3, -0.25) is 4.99 Å². The fraction of sp³-hybridized carbons (Fsp3) is 0.294. The molecule has 0 aliphatic rings. The largest absolute Gasteiger partial charge is 0.308 e. The molecule has 0 atom stereocenters. The number of hydrogen-bond donors (Lipinski definition) is 1. The molecule has 0 aromatic heterocycles. The lowest BCUT2D eigenvalue weighted by Crippen LogP contribution is -2.01. The lowest BCUT2D eigenvalue weighted by atomic mass is 10.0. The lowest BCUT2D eigenvalue weighted by Gasteiger charge is -2.08. The van der Waals surface area contributed by atoms with Crippen molar-refractivity contribution in [1.29, 1.82) is 5.41 Å². The zero-order chi connectivity index (χ0) is 14.4. The van der Waals surface area contributed by atoms with E-state index in [4.69, 9.17) is 5.41 Å². The zero-order valence-corrected chi connectivity index (χ0v) is 12.4. The smallest absolute Gasteiger partial charge is 0.0707 e. The summed E-state index contributed by atoms with van der Waals surface area (Å²) in [6, 6.07) is 8.23. The molecule has 0 radical (unpaired) electrons. The number of allylic oxidation sites excluding steroid dienone is 4. The van der Waals surface area contributed by atoms with Crippen molar-refractivity contribution in [3.8, 4) is 0 Å². The number of nitrogens with zero attached hydrogens (tertiary/aromatic N) is 1. The van der Waals surface area contributed by atoms with E-state index in [-0.39, 0.29) is 0 Å². The number of aryl methyl sites for hydroxylation is 1. The summed E-state index contributed by atoms with van der Waals surface area (Å²) in [6.45, 7) is 10.1. The highest BCUT2D eigenvalue weighted by Crippen LogP contribution is 2.14. The topological polar surface area (TPSA) is 36.2 Å². The van der Waals surface area contributed by atoms with Crippen LogP contribution in [0.1, 0.15) is 38.8 Å². The van der Waals surface area contributed by atoms with E-state index in [1.165, 1.54) is 17.4 Å². The first-order chi connectivity index (χ1) is 8.95. The minimum absolute atomic E-state index is 0.880. The Morgan fingerprint density at radius 2 is 1.74 bits per heavy atom. The molecule has 0 fully saturated rings. The highest BCUT2D eigenvalue weighted by molar-refractivity contribution is 6.10. The van der Waals surface area contributed by atoms with Crippen LogP contribution in [-0.4, -0.2) is 11.9 Å². The van der Waals surface area contributed by atoms with Crippen molar-refractivity contribution in [2.45, 2.75) is 34.6 Å². The zero-order valence-electron chi connectivity index (χ0n) is 12.4. The quantitative estimate of drug-likeness (QED) is 0.756. The van der Waals surface area contributed by atoms with Crippen molar-refractivity contribution in [2.75, 3.05) is 0 Å². The molecule has 0 aliphatic carbocycles. The Morgan fingerprint density at radius 3 is 2.26 bits per heavy atom. The van der Waals surface area contributed by atoms with Crippen LogP contribution in [0.4, 0.5) is 0 Å². The molecule has 1 aromatic carbocycles. The average Bonchev–Trinajstić information content (AvgIpc) is 2.37. The molecule has 0 heterocycles. The predicted octanol–water partition coefficient (Wildman–Crippen LogP) is 4.69. The van der Waals surface area contributed by atoms with E-state index in [1.807, 2.05) is 26.0 Å². The summed E-state index contributed by atoms with van der Waals surface area (Å²) in [6.07, 6.45) is 3.43. The molecule has 2 heteroatoms. The monoisotopic (exact) mass is 254 g/mol. The van der Waals surface area contributed by atoms with Crippen molar-refractivity contribution in [2.24, 2.45) is 4.99 Å². The molecular weight excluding hydrogens is 232 g/mol. The minimum Gasteiger partial charge on any atom is -0.308 e. The average molecular weight is 254 g/mol. The molecular formula is C17H22N2. The van der Waals surface area contributed by atoms with Crippen molar-refractivity contribution < 1.29 is 0 Å². The molecule has 0 bridgehead atoms. The van der Waals surface area contributed by atoms with E-state index in [9.17, 15) is 0 Å². The SMILES string of the molecule is CC(C)=CC(=N/C(C)=C(\C)C=N)c1ccccc1C. The van der Waals surface area contributed by atoms with Gasteiger partial charge in [0.15, 0.2) is 0 Å². The van der Waals surface area contributed by atoms with Gasteiger partial charge in [-0.05, 0) is 51.8 Å². The van der Waals surface area contributed by atoms with E-state index in [2.05, 4.69) is 44.0 Å². The fourth-order valence-corrected chi connectivity index (χ4v) is 1.68. The molecule has 19 heavy (non-hydrogen) atoms. The highest BCUT2D eigenvalue weighted by atomic mass is 14.8. The molecule has 2 nitrogen and oxygen atoms in total. The van der Waals surface area contributed by atoms with Crippen molar-refractivity contribution in [3.05, 3.63) is 58.3 Å². The second-order valence-corrected chi connectivity index (χ2v) is 4.95. The van der Waals surface area contributed by atoms with Crippen LogP contribution in [0.15, 0.2) is 52.2 Å². The van der Waals surface area contributed by atoms with Gasteiger partial charge < -0.3 is 5.41 Å².